The molecule has 1 aromatic rings. The van der Waals surface area contributed by atoms with Crippen LogP contribution >= 0.6 is 0 Å². The first-order chi connectivity index (χ1) is 9.91. The van der Waals surface area contributed by atoms with Gasteiger partial charge in [-0.2, -0.15) is 5.10 Å². The van der Waals surface area contributed by atoms with Gasteiger partial charge in [-0.05, 0) is 32.8 Å². The molecule has 1 unspecified atom stereocenters. The number of nitrogens with zero attached hydrogens (tertiary/aromatic N) is 2. The van der Waals surface area contributed by atoms with Crippen LogP contribution in [0.3, 0.4) is 0 Å². The van der Waals surface area contributed by atoms with E-state index in [4.69, 9.17) is 9.47 Å². The molecule has 2 heterocycles. The van der Waals surface area contributed by atoms with Crippen molar-refractivity contribution in [2.75, 3.05) is 20.8 Å². The van der Waals surface area contributed by atoms with Crippen molar-refractivity contribution in [2.45, 2.75) is 45.4 Å². The number of ether oxygens (including phenoxy) is 2. The van der Waals surface area contributed by atoms with Gasteiger partial charge in [0.1, 0.15) is 0 Å². The first-order valence-corrected chi connectivity index (χ1v) is 7.32. The van der Waals surface area contributed by atoms with Crippen LogP contribution in [0.15, 0.2) is 6.07 Å². The Morgan fingerprint density at radius 1 is 1.62 bits per heavy atom. The molecule has 1 N–H and O–H groups in total. The zero-order valence-corrected chi connectivity index (χ0v) is 13.3. The van der Waals surface area contributed by atoms with Gasteiger partial charge in [-0.15, -0.1) is 0 Å². The predicted octanol–water partition coefficient (Wildman–Crippen LogP) is 1.72. The summed E-state index contributed by atoms with van der Waals surface area (Å²) < 4.78 is 10.7. The van der Waals surface area contributed by atoms with Crippen LogP contribution in [0.2, 0.25) is 0 Å². The van der Waals surface area contributed by atoms with Gasteiger partial charge in [0.2, 0.25) is 5.91 Å². The van der Waals surface area contributed by atoms with Gasteiger partial charge in [0.15, 0.2) is 0 Å². The van der Waals surface area contributed by atoms with E-state index in [1.165, 1.54) is 0 Å². The lowest BCUT2D eigenvalue weighted by Gasteiger charge is -2.36. The summed E-state index contributed by atoms with van der Waals surface area (Å²) >= 11 is 0. The third-order valence-corrected chi connectivity index (χ3v) is 3.81. The number of hydrogen-bond acceptors (Lipinski definition) is 4. The fourth-order valence-electron chi connectivity index (χ4n) is 2.80. The highest BCUT2D eigenvalue weighted by molar-refractivity contribution is 5.78. The minimum absolute atomic E-state index is 0.0418. The van der Waals surface area contributed by atoms with Crippen LogP contribution in [-0.4, -0.2) is 47.4 Å². The molecule has 0 spiro atoms. The molecule has 1 aromatic heterocycles. The molecule has 2 rings (SSSR count). The lowest BCUT2D eigenvalue weighted by Crippen LogP contribution is -2.42. The van der Waals surface area contributed by atoms with Crippen LogP contribution < -0.4 is 0 Å². The van der Waals surface area contributed by atoms with E-state index in [1.54, 1.807) is 12.0 Å². The summed E-state index contributed by atoms with van der Waals surface area (Å²) in [6, 6.07) is 1.93. The number of nitrogens with one attached hydrogen (secondary N) is 1. The number of carbonyl (C=O) groups excluding carboxylic acids is 1. The molecule has 0 saturated carbocycles. The number of rotatable bonds is 5. The first kappa shape index (κ1) is 16.0. The van der Waals surface area contributed by atoms with Crippen molar-refractivity contribution in [2.24, 2.45) is 5.92 Å². The molecule has 1 fully saturated rings. The molecule has 0 aromatic carbocycles. The maximum absolute atomic E-state index is 12.5. The Bertz CT molecular complexity index is 484. The third kappa shape index (κ3) is 4.28. The summed E-state index contributed by atoms with van der Waals surface area (Å²) in [6.45, 7) is 5.74. The smallest absolute Gasteiger partial charge is 0.225 e. The van der Waals surface area contributed by atoms with E-state index in [-0.39, 0.29) is 17.4 Å². The summed E-state index contributed by atoms with van der Waals surface area (Å²) in [6.07, 6.45) is 1.57. The molecule has 0 bridgehead atoms. The van der Waals surface area contributed by atoms with Crippen LogP contribution in [0.25, 0.3) is 0 Å². The van der Waals surface area contributed by atoms with Gasteiger partial charge in [0.05, 0.1) is 30.1 Å². The Morgan fingerprint density at radius 3 is 3.05 bits per heavy atom. The zero-order chi connectivity index (χ0) is 15.5. The lowest BCUT2D eigenvalue weighted by molar-refractivity contribution is -0.144. The van der Waals surface area contributed by atoms with Crippen LogP contribution in [0.1, 0.15) is 38.1 Å². The summed E-state index contributed by atoms with van der Waals surface area (Å²) in [4.78, 5) is 14.3. The van der Waals surface area contributed by atoms with Gasteiger partial charge in [-0.25, -0.2) is 0 Å². The quantitative estimate of drug-likeness (QED) is 0.898. The van der Waals surface area contributed by atoms with E-state index in [1.807, 2.05) is 27.0 Å². The fourth-order valence-corrected chi connectivity index (χ4v) is 2.80. The van der Waals surface area contributed by atoms with Gasteiger partial charge in [0.25, 0.3) is 0 Å². The van der Waals surface area contributed by atoms with Crippen molar-refractivity contribution >= 4 is 5.91 Å². The Hall–Kier alpha value is -1.40. The van der Waals surface area contributed by atoms with E-state index >= 15 is 0 Å². The second-order valence-corrected chi connectivity index (χ2v) is 6.31. The fraction of sp³-hybridized carbons (Fsp3) is 0.733. The van der Waals surface area contributed by atoms with Gasteiger partial charge >= 0.3 is 0 Å². The third-order valence-electron chi connectivity index (χ3n) is 3.81. The number of aromatic amines is 1. The van der Waals surface area contributed by atoms with Gasteiger partial charge in [0, 0.05) is 26.7 Å². The van der Waals surface area contributed by atoms with E-state index in [0.29, 0.717) is 19.8 Å². The topological polar surface area (TPSA) is 67.4 Å². The molecule has 0 radical (unpaired) electrons. The number of aromatic nitrogens is 2. The van der Waals surface area contributed by atoms with Crippen molar-refractivity contribution < 1.29 is 14.3 Å². The molecule has 1 aliphatic heterocycles. The predicted molar refractivity (Wildman–Crippen MR) is 78.5 cm³/mol. The van der Waals surface area contributed by atoms with E-state index < -0.39 is 0 Å². The monoisotopic (exact) mass is 295 g/mol. The van der Waals surface area contributed by atoms with E-state index in [9.17, 15) is 4.79 Å². The normalized spacial score (nSPS) is 21.2. The van der Waals surface area contributed by atoms with Crippen molar-refractivity contribution in [3.63, 3.8) is 0 Å². The van der Waals surface area contributed by atoms with Crippen LogP contribution in [0, 0.1) is 5.92 Å². The Kier molecular flexibility index (Phi) is 5.00. The number of carbonyl (C=O) groups is 1. The first-order valence-electron chi connectivity index (χ1n) is 7.32. The molecule has 1 atom stereocenters. The molecule has 21 heavy (non-hydrogen) atoms. The van der Waals surface area contributed by atoms with Crippen molar-refractivity contribution in [3.05, 3.63) is 17.5 Å². The summed E-state index contributed by atoms with van der Waals surface area (Å²) in [5.74, 6) is 0.217. The van der Waals surface area contributed by atoms with Gasteiger partial charge in [-0.3, -0.25) is 9.89 Å². The molecule has 6 heteroatoms. The van der Waals surface area contributed by atoms with Crippen molar-refractivity contribution in [3.8, 4) is 0 Å². The number of methoxy groups -OCH3 is 1. The highest BCUT2D eigenvalue weighted by Crippen LogP contribution is 2.29. The van der Waals surface area contributed by atoms with Crippen LogP contribution in [0.5, 0.6) is 0 Å². The van der Waals surface area contributed by atoms with Crippen LogP contribution in [0.4, 0.5) is 0 Å². The average Bonchev–Trinajstić information content (AvgIpc) is 2.84. The summed E-state index contributed by atoms with van der Waals surface area (Å²) in [7, 11) is 3.47. The molecule has 1 amide bonds. The van der Waals surface area contributed by atoms with E-state index in [0.717, 1.165) is 24.2 Å². The zero-order valence-electron chi connectivity index (χ0n) is 13.3. The molecular formula is C15H25N3O3. The molecule has 1 saturated heterocycles. The minimum Gasteiger partial charge on any atom is -0.378 e. The molecule has 6 nitrogen and oxygen atoms in total. The van der Waals surface area contributed by atoms with Crippen molar-refractivity contribution in [1.29, 1.82) is 0 Å². The maximum atomic E-state index is 12.5. The Morgan fingerprint density at radius 2 is 2.38 bits per heavy atom. The number of amides is 1. The number of hydrogen-bond donors (Lipinski definition) is 1. The second kappa shape index (κ2) is 6.58. The maximum Gasteiger partial charge on any atom is 0.225 e. The standard InChI is InChI=1S/C15H25N3O3/c1-15(2)8-11(5-6-21-15)14(19)18(3)9-12-7-13(10-20-4)17-16-12/h7,11H,5-6,8-10H2,1-4H3,(H,16,17). The minimum atomic E-state index is -0.209. The molecular weight excluding hydrogens is 270 g/mol. The number of H-pyrrole nitrogens is 1. The van der Waals surface area contributed by atoms with Gasteiger partial charge in [-0.1, -0.05) is 0 Å². The summed E-state index contributed by atoms with van der Waals surface area (Å²) in [5.41, 5.74) is 1.56. The largest absolute Gasteiger partial charge is 0.378 e. The highest BCUT2D eigenvalue weighted by Gasteiger charge is 2.34. The lowest BCUT2D eigenvalue weighted by atomic mass is 9.87. The molecule has 0 aliphatic carbocycles. The molecule has 118 valence electrons. The second-order valence-electron chi connectivity index (χ2n) is 6.31. The van der Waals surface area contributed by atoms with Crippen LogP contribution in [-0.2, 0) is 27.4 Å². The van der Waals surface area contributed by atoms with E-state index in [2.05, 4.69) is 10.2 Å². The van der Waals surface area contributed by atoms with Crippen molar-refractivity contribution in [1.82, 2.24) is 15.1 Å². The Balaban J connectivity index is 1.92. The van der Waals surface area contributed by atoms with Gasteiger partial charge < -0.3 is 14.4 Å². The highest BCUT2D eigenvalue weighted by atomic mass is 16.5. The molecule has 1 aliphatic rings. The summed E-state index contributed by atoms with van der Waals surface area (Å²) in [5, 5.41) is 7.09. The average molecular weight is 295 g/mol. The SMILES string of the molecule is COCc1cc(CN(C)C(=O)C2CCOC(C)(C)C2)[nH]n1. The Labute approximate surface area is 125 Å².